The molecule has 1 unspecified atom stereocenters. The molecule has 182 valence electrons. The van der Waals surface area contributed by atoms with Crippen LogP contribution < -0.4 is 17.1 Å². The Bertz CT molecular complexity index is 508. The van der Waals surface area contributed by atoms with Gasteiger partial charge in [-0.15, -0.1) is 0 Å². The predicted molar refractivity (Wildman–Crippen MR) is 130 cm³/mol. The van der Waals surface area contributed by atoms with Crippen molar-refractivity contribution in [2.75, 3.05) is 33.9 Å². The van der Waals surface area contributed by atoms with Gasteiger partial charge in [0.05, 0.1) is 27.3 Å². The van der Waals surface area contributed by atoms with Crippen LogP contribution in [0.3, 0.4) is 0 Å². The van der Waals surface area contributed by atoms with Gasteiger partial charge < -0.3 is 26.7 Å². The van der Waals surface area contributed by atoms with Crippen LogP contribution in [0.2, 0.25) is 0 Å². The molecule has 1 aromatic carbocycles. The molecule has 0 aliphatic carbocycles. The Morgan fingerprint density at radius 1 is 0.710 bits per heavy atom. The van der Waals surface area contributed by atoms with Crippen LogP contribution in [0.15, 0.2) is 24.3 Å². The van der Waals surface area contributed by atoms with E-state index in [0.29, 0.717) is 0 Å². The largest absolute Gasteiger partial charge is 1.00 e. The van der Waals surface area contributed by atoms with Crippen molar-refractivity contribution in [1.82, 2.24) is 0 Å². The van der Waals surface area contributed by atoms with Crippen molar-refractivity contribution in [3.05, 3.63) is 29.8 Å². The third-order valence-corrected chi connectivity index (χ3v) is 6.41. The zero-order chi connectivity index (χ0) is 21.9. The van der Waals surface area contributed by atoms with Crippen molar-refractivity contribution < 1.29 is 26.7 Å². The number of methoxy groups -OCH3 is 1. The number of hydrogen-bond acceptors (Lipinski definition) is 2. The second kappa shape index (κ2) is 19.9. The van der Waals surface area contributed by atoms with Crippen molar-refractivity contribution in [3.8, 4) is 5.75 Å². The van der Waals surface area contributed by atoms with Crippen molar-refractivity contribution in [1.29, 1.82) is 0 Å². The second-order valence-electron chi connectivity index (χ2n) is 9.39. The van der Waals surface area contributed by atoms with Crippen LogP contribution in [0.5, 0.6) is 5.75 Å². The maximum Gasteiger partial charge on any atom is 0.118 e. The molecule has 4 heteroatoms. The molecular formula is C27H50ClNO2. The van der Waals surface area contributed by atoms with Crippen LogP contribution in [0.4, 0.5) is 0 Å². The zero-order valence-electron chi connectivity index (χ0n) is 20.7. The fourth-order valence-corrected chi connectivity index (χ4v) is 4.37. The predicted octanol–water partition coefficient (Wildman–Crippen LogP) is 4.12. The lowest BCUT2D eigenvalue weighted by atomic mass is 10.0. The monoisotopic (exact) mass is 455 g/mol. The Morgan fingerprint density at radius 3 is 1.58 bits per heavy atom. The summed E-state index contributed by atoms with van der Waals surface area (Å²) in [7, 11) is 3.99. The van der Waals surface area contributed by atoms with E-state index in [1.807, 2.05) is 12.1 Å². The van der Waals surface area contributed by atoms with Gasteiger partial charge in [0.1, 0.15) is 18.8 Å². The number of halogens is 1. The molecule has 1 atom stereocenters. The number of hydrogen-bond donors (Lipinski definition) is 1. The number of nitrogens with zero attached hydrogens (tertiary/aromatic N) is 1. The van der Waals surface area contributed by atoms with Gasteiger partial charge in [-0.25, -0.2) is 0 Å². The number of rotatable bonds is 20. The van der Waals surface area contributed by atoms with Gasteiger partial charge in [0.2, 0.25) is 0 Å². The lowest BCUT2D eigenvalue weighted by Crippen LogP contribution is -3.00. The zero-order valence-corrected chi connectivity index (χ0v) is 21.5. The first-order valence-electron chi connectivity index (χ1n) is 12.7. The van der Waals surface area contributed by atoms with Crippen molar-refractivity contribution in [3.63, 3.8) is 0 Å². The van der Waals surface area contributed by atoms with E-state index in [4.69, 9.17) is 4.74 Å². The van der Waals surface area contributed by atoms with E-state index >= 15 is 0 Å². The molecule has 0 saturated carbocycles. The number of aliphatic hydroxyl groups excluding tert-OH is 1. The van der Waals surface area contributed by atoms with Crippen molar-refractivity contribution >= 4 is 0 Å². The molecule has 0 aromatic heterocycles. The van der Waals surface area contributed by atoms with Gasteiger partial charge >= 0.3 is 0 Å². The van der Waals surface area contributed by atoms with E-state index in [-0.39, 0.29) is 19.0 Å². The molecule has 0 amide bonds. The molecule has 0 bridgehead atoms. The molecule has 0 spiro atoms. The highest BCUT2D eigenvalue weighted by Crippen LogP contribution is 2.18. The minimum absolute atomic E-state index is 0. The van der Waals surface area contributed by atoms with Gasteiger partial charge in [0, 0.05) is 5.56 Å². The number of benzene rings is 1. The van der Waals surface area contributed by atoms with Crippen LogP contribution in [0.25, 0.3) is 0 Å². The van der Waals surface area contributed by atoms with E-state index in [0.717, 1.165) is 29.9 Å². The molecule has 1 rings (SSSR count). The van der Waals surface area contributed by atoms with Crippen molar-refractivity contribution in [2.24, 2.45) is 0 Å². The van der Waals surface area contributed by atoms with E-state index in [9.17, 15) is 5.11 Å². The topological polar surface area (TPSA) is 29.5 Å². The van der Waals surface area contributed by atoms with Gasteiger partial charge in [-0.05, 0) is 37.1 Å². The van der Waals surface area contributed by atoms with Crippen LogP contribution in [0, 0.1) is 0 Å². The summed E-state index contributed by atoms with van der Waals surface area (Å²) in [6.45, 7) is 5.48. The van der Waals surface area contributed by atoms with E-state index in [2.05, 4.69) is 26.1 Å². The molecule has 1 aromatic rings. The molecular weight excluding hydrogens is 406 g/mol. The SMILES string of the molecule is CCCCCCCCCCCCCCCC[N+](C)(CCO)Cc1ccc(OC)cc1.[Cl-]. The first-order chi connectivity index (χ1) is 14.6. The minimum atomic E-state index is 0. The van der Waals surface area contributed by atoms with Crippen LogP contribution in [-0.4, -0.2) is 43.4 Å². The Morgan fingerprint density at radius 2 is 1.16 bits per heavy atom. The van der Waals surface area contributed by atoms with Gasteiger partial charge in [0.15, 0.2) is 0 Å². The molecule has 0 heterocycles. The highest BCUT2D eigenvalue weighted by atomic mass is 35.5. The number of quaternary nitrogens is 1. The van der Waals surface area contributed by atoms with Gasteiger partial charge in [-0.2, -0.15) is 0 Å². The summed E-state index contributed by atoms with van der Waals surface area (Å²) >= 11 is 0. The lowest BCUT2D eigenvalue weighted by molar-refractivity contribution is -0.923. The standard InChI is InChI=1S/C27H50NO2.ClH/c1-4-5-6-7-8-9-10-11-12-13-14-15-16-17-22-28(2,23-24-29)25-26-18-20-27(30-3)21-19-26;/h18-21,29H,4-17,22-25H2,1-3H3;1H/q+1;/p-1. The Hall–Kier alpha value is -0.770. The highest BCUT2D eigenvalue weighted by molar-refractivity contribution is 5.26. The molecule has 0 fully saturated rings. The van der Waals surface area contributed by atoms with Gasteiger partial charge in [-0.1, -0.05) is 84.0 Å². The molecule has 0 saturated heterocycles. The average molecular weight is 456 g/mol. The van der Waals surface area contributed by atoms with E-state index < -0.39 is 0 Å². The average Bonchev–Trinajstić information content (AvgIpc) is 2.74. The fraction of sp³-hybridized carbons (Fsp3) is 0.778. The van der Waals surface area contributed by atoms with Gasteiger partial charge in [-0.3, -0.25) is 0 Å². The van der Waals surface area contributed by atoms with Gasteiger partial charge in [0.25, 0.3) is 0 Å². The maximum atomic E-state index is 9.54. The summed E-state index contributed by atoms with van der Waals surface area (Å²) < 4.78 is 6.18. The van der Waals surface area contributed by atoms with Crippen molar-refractivity contribution in [2.45, 2.75) is 103 Å². The molecule has 0 aliphatic heterocycles. The summed E-state index contributed by atoms with van der Waals surface area (Å²) in [4.78, 5) is 0. The number of aliphatic hydroxyl groups is 1. The first kappa shape index (κ1) is 30.2. The maximum absolute atomic E-state index is 9.54. The van der Waals surface area contributed by atoms with Crippen LogP contribution in [0.1, 0.15) is 102 Å². The van der Waals surface area contributed by atoms with Crippen LogP contribution >= 0.6 is 0 Å². The Balaban J connectivity index is 0.00000900. The van der Waals surface area contributed by atoms with E-state index in [1.165, 1.54) is 95.5 Å². The summed E-state index contributed by atoms with van der Waals surface area (Å²) in [6, 6.07) is 8.37. The normalized spacial score (nSPS) is 12.9. The summed E-state index contributed by atoms with van der Waals surface area (Å²) in [6.07, 6.45) is 19.6. The quantitative estimate of drug-likeness (QED) is 0.237. The molecule has 3 nitrogen and oxygen atoms in total. The Kier molecular flexibility index (Phi) is 19.4. The number of ether oxygens (including phenoxy) is 1. The third kappa shape index (κ3) is 15.6. The number of likely N-dealkylation sites (N-methyl/N-ethyl adjacent to an activating group) is 1. The fourth-order valence-electron chi connectivity index (χ4n) is 4.37. The Labute approximate surface area is 199 Å². The van der Waals surface area contributed by atoms with E-state index in [1.54, 1.807) is 7.11 Å². The minimum Gasteiger partial charge on any atom is -1.00 e. The second-order valence-corrected chi connectivity index (χ2v) is 9.39. The molecule has 1 N–H and O–H groups in total. The smallest absolute Gasteiger partial charge is 0.118 e. The lowest BCUT2D eigenvalue weighted by Gasteiger charge is -2.34. The molecule has 0 aliphatic rings. The highest BCUT2D eigenvalue weighted by Gasteiger charge is 2.21. The third-order valence-electron chi connectivity index (χ3n) is 6.41. The molecule has 0 radical (unpaired) electrons. The first-order valence-corrected chi connectivity index (χ1v) is 12.7. The molecule has 31 heavy (non-hydrogen) atoms. The number of unbranched alkanes of at least 4 members (excludes halogenated alkanes) is 13. The summed E-state index contributed by atoms with van der Waals surface area (Å²) in [5.74, 6) is 0.905. The summed E-state index contributed by atoms with van der Waals surface area (Å²) in [5.41, 5.74) is 1.32. The van der Waals surface area contributed by atoms with Crippen LogP contribution in [-0.2, 0) is 6.54 Å². The summed E-state index contributed by atoms with van der Waals surface area (Å²) in [5, 5.41) is 9.54.